The molecule has 0 radical (unpaired) electrons. The van der Waals surface area contributed by atoms with E-state index in [-0.39, 0.29) is 5.60 Å². The van der Waals surface area contributed by atoms with Crippen LogP contribution in [0.1, 0.15) is 57.8 Å². The summed E-state index contributed by atoms with van der Waals surface area (Å²) >= 11 is 0. The van der Waals surface area contributed by atoms with Gasteiger partial charge in [0.1, 0.15) is 5.60 Å². The van der Waals surface area contributed by atoms with Crippen LogP contribution in [0.25, 0.3) is 0 Å². The summed E-state index contributed by atoms with van der Waals surface area (Å²) in [5.74, 6) is 1.63. The maximum atomic E-state index is 5.81. The van der Waals surface area contributed by atoms with Gasteiger partial charge in [-0.05, 0) is 31.6 Å². The molecule has 4 nitrogen and oxygen atoms in total. The third-order valence-corrected chi connectivity index (χ3v) is 4.30. The molecule has 112 valence electrons. The minimum atomic E-state index is -0.267. The second kappa shape index (κ2) is 6.64. The summed E-state index contributed by atoms with van der Waals surface area (Å²) in [6, 6.07) is 0.472. The average molecular weight is 277 g/mol. The predicted octanol–water partition coefficient (Wildman–Crippen LogP) is 3.03. The predicted molar refractivity (Wildman–Crippen MR) is 80.3 cm³/mol. The van der Waals surface area contributed by atoms with Crippen molar-refractivity contribution in [3.8, 4) is 0 Å². The molecule has 1 saturated carbocycles. The Morgan fingerprint density at radius 2 is 1.90 bits per heavy atom. The van der Waals surface area contributed by atoms with Crippen molar-refractivity contribution in [3.63, 3.8) is 0 Å². The van der Waals surface area contributed by atoms with E-state index in [1.807, 2.05) is 12.4 Å². The first kappa shape index (κ1) is 15.4. The van der Waals surface area contributed by atoms with Crippen molar-refractivity contribution >= 4 is 0 Å². The summed E-state index contributed by atoms with van der Waals surface area (Å²) in [5.41, 5.74) is 0.856. The zero-order valence-corrected chi connectivity index (χ0v) is 13.1. The van der Waals surface area contributed by atoms with Gasteiger partial charge < -0.3 is 10.1 Å². The van der Waals surface area contributed by atoms with Gasteiger partial charge in [-0.3, -0.25) is 0 Å². The largest absolute Gasteiger partial charge is 0.370 e. The van der Waals surface area contributed by atoms with Crippen molar-refractivity contribution in [3.05, 3.63) is 23.8 Å². The van der Waals surface area contributed by atoms with Gasteiger partial charge in [-0.2, -0.15) is 0 Å². The van der Waals surface area contributed by atoms with Gasteiger partial charge in [-0.25, -0.2) is 9.97 Å². The van der Waals surface area contributed by atoms with E-state index in [0.717, 1.165) is 36.7 Å². The van der Waals surface area contributed by atoms with Gasteiger partial charge in [-0.15, -0.1) is 0 Å². The van der Waals surface area contributed by atoms with E-state index >= 15 is 0 Å². The van der Waals surface area contributed by atoms with E-state index in [0.29, 0.717) is 6.04 Å². The van der Waals surface area contributed by atoms with Crippen molar-refractivity contribution in [1.29, 1.82) is 0 Å². The number of aromatic nitrogens is 2. The molecule has 0 unspecified atom stereocenters. The number of hydrogen-bond donors (Lipinski definition) is 1. The van der Waals surface area contributed by atoms with E-state index in [1.54, 1.807) is 7.11 Å². The van der Waals surface area contributed by atoms with Crippen molar-refractivity contribution < 1.29 is 4.74 Å². The molecule has 0 spiro atoms. The van der Waals surface area contributed by atoms with E-state index in [4.69, 9.17) is 4.74 Å². The van der Waals surface area contributed by atoms with Crippen molar-refractivity contribution in [2.45, 2.75) is 64.6 Å². The van der Waals surface area contributed by atoms with Crippen LogP contribution in [-0.2, 0) is 16.9 Å². The van der Waals surface area contributed by atoms with E-state index in [1.165, 1.54) is 12.8 Å². The summed E-state index contributed by atoms with van der Waals surface area (Å²) in [4.78, 5) is 9.14. The Morgan fingerprint density at radius 1 is 1.30 bits per heavy atom. The molecule has 20 heavy (non-hydrogen) atoms. The summed E-state index contributed by atoms with van der Waals surface area (Å²) < 4.78 is 5.81. The molecular weight excluding hydrogens is 250 g/mol. The monoisotopic (exact) mass is 277 g/mol. The minimum Gasteiger partial charge on any atom is -0.370 e. The molecule has 2 rings (SSSR count). The second-order valence-corrected chi connectivity index (χ2v) is 6.33. The van der Waals surface area contributed by atoms with Crippen molar-refractivity contribution in [1.82, 2.24) is 15.3 Å². The Morgan fingerprint density at radius 3 is 2.40 bits per heavy atom. The smallest absolute Gasteiger partial charge is 0.160 e. The SMILES string of the molecule is COC1(c2ncc(CNC(C)C)cn2)CCC(C)CC1. The highest BCUT2D eigenvalue weighted by atomic mass is 16.5. The lowest BCUT2D eigenvalue weighted by atomic mass is 9.79. The van der Waals surface area contributed by atoms with Gasteiger partial charge in [0.2, 0.25) is 0 Å². The quantitative estimate of drug-likeness (QED) is 0.898. The van der Waals surface area contributed by atoms with E-state index in [2.05, 4.69) is 36.1 Å². The van der Waals surface area contributed by atoms with Crippen LogP contribution in [0.3, 0.4) is 0 Å². The number of rotatable bonds is 5. The number of ether oxygens (including phenoxy) is 1. The van der Waals surface area contributed by atoms with Crippen molar-refractivity contribution in [2.75, 3.05) is 7.11 Å². The highest BCUT2D eigenvalue weighted by molar-refractivity contribution is 5.10. The van der Waals surface area contributed by atoms with Crippen LogP contribution in [0.5, 0.6) is 0 Å². The molecule has 0 bridgehead atoms. The summed E-state index contributed by atoms with van der Waals surface area (Å²) in [6.45, 7) is 7.40. The first-order valence-corrected chi connectivity index (χ1v) is 7.65. The fraction of sp³-hybridized carbons (Fsp3) is 0.750. The summed E-state index contributed by atoms with van der Waals surface area (Å²) in [7, 11) is 1.79. The molecule has 1 N–H and O–H groups in total. The molecule has 1 aliphatic carbocycles. The molecule has 0 saturated heterocycles. The maximum absolute atomic E-state index is 5.81. The molecule has 1 aromatic rings. The van der Waals surface area contributed by atoms with Gasteiger partial charge in [0.15, 0.2) is 5.82 Å². The number of nitrogens with one attached hydrogen (secondary N) is 1. The van der Waals surface area contributed by atoms with Crippen LogP contribution >= 0.6 is 0 Å². The average Bonchev–Trinajstić information content (AvgIpc) is 2.47. The first-order chi connectivity index (χ1) is 9.55. The normalized spacial score (nSPS) is 26.9. The number of nitrogens with zero attached hydrogens (tertiary/aromatic N) is 2. The summed E-state index contributed by atoms with van der Waals surface area (Å²) in [5, 5.41) is 3.38. The Labute approximate surface area is 122 Å². The van der Waals surface area contributed by atoms with Crippen LogP contribution < -0.4 is 5.32 Å². The maximum Gasteiger partial charge on any atom is 0.160 e. The molecule has 1 aromatic heterocycles. The van der Waals surface area contributed by atoms with E-state index in [9.17, 15) is 0 Å². The topological polar surface area (TPSA) is 47.0 Å². The van der Waals surface area contributed by atoms with Gasteiger partial charge in [0, 0.05) is 37.7 Å². The molecule has 1 fully saturated rings. The molecule has 4 heteroatoms. The molecule has 0 aliphatic heterocycles. The van der Waals surface area contributed by atoms with Gasteiger partial charge >= 0.3 is 0 Å². The fourth-order valence-corrected chi connectivity index (χ4v) is 2.75. The summed E-state index contributed by atoms with van der Waals surface area (Å²) in [6.07, 6.45) is 8.28. The molecular formula is C16H27N3O. The highest BCUT2D eigenvalue weighted by Gasteiger charge is 2.38. The Hall–Kier alpha value is -1.00. The minimum absolute atomic E-state index is 0.267. The van der Waals surface area contributed by atoms with Crippen LogP contribution in [0.4, 0.5) is 0 Å². The van der Waals surface area contributed by atoms with Crippen LogP contribution in [0.2, 0.25) is 0 Å². The van der Waals surface area contributed by atoms with Crippen molar-refractivity contribution in [2.24, 2.45) is 5.92 Å². The fourth-order valence-electron chi connectivity index (χ4n) is 2.75. The Bertz CT molecular complexity index is 408. The van der Waals surface area contributed by atoms with Crippen LogP contribution in [0, 0.1) is 5.92 Å². The molecule has 1 heterocycles. The Balaban J connectivity index is 2.07. The molecule has 0 amide bonds. The lowest BCUT2D eigenvalue weighted by Gasteiger charge is -2.36. The molecule has 0 aromatic carbocycles. The van der Waals surface area contributed by atoms with E-state index < -0.39 is 0 Å². The standard InChI is InChI=1S/C16H27N3O/c1-12(2)17-9-14-10-18-15(19-11-14)16(20-4)7-5-13(3)6-8-16/h10-13,17H,5-9H2,1-4H3. The highest BCUT2D eigenvalue weighted by Crippen LogP contribution is 2.40. The zero-order chi connectivity index (χ0) is 14.6. The van der Waals surface area contributed by atoms with Crippen LogP contribution in [-0.4, -0.2) is 23.1 Å². The lowest BCUT2D eigenvalue weighted by Crippen LogP contribution is -2.35. The Kier molecular flexibility index (Phi) is 5.11. The molecule has 0 atom stereocenters. The zero-order valence-electron chi connectivity index (χ0n) is 13.1. The second-order valence-electron chi connectivity index (χ2n) is 6.33. The van der Waals surface area contributed by atoms with Gasteiger partial charge in [0.05, 0.1) is 0 Å². The van der Waals surface area contributed by atoms with Crippen LogP contribution in [0.15, 0.2) is 12.4 Å². The third kappa shape index (κ3) is 3.55. The molecule has 1 aliphatic rings. The number of hydrogen-bond acceptors (Lipinski definition) is 4. The number of methoxy groups -OCH3 is 1. The van der Waals surface area contributed by atoms with Gasteiger partial charge in [-0.1, -0.05) is 20.8 Å². The third-order valence-electron chi connectivity index (χ3n) is 4.30. The lowest BCUT2D eigenvalue weighted by molar-refractivity contribution is -0.0597. The first-order valence-electron chi connectivity index (χ1n) is 7.65. The van der Waals surface area contributed by atoms with Gasteiger partial charge in [0.25, 0.3) is 0 Å².